The molecule has 134 valence electrons. The van der Waals surface area contributed by atoms with E-state index in [1.807, 2.05) is 0 Å². The third-order valence-electron chi connectivity index (χ3n) is 3.02. The largest absolute Gasteiger partial charge is 0.478 e. The molecule has 1 atom stereocenters. The maximum absolute atomic E-state index is 13.7. The van der Waals surface area contributed by atoms with Gasteiger partial charge in [-0.25, -0.2) is 14.2 Å². The van der Waals surface area contributed by atoms with Gasteiger partial charge in [-0.15, -0.1) is 0 Å². The van der Waals surface area contributed by atoms with Gasteiger partial charge in [0.25, 0.3) is 5.91 Å². The van der Waals surface area contributed by atoms with Crippen molar-refractivity contribution in [2.75, 3.05) is 5.73 Å². The van der Waals surface area contributed by atoms with E-state index >= 15 is 0 Å². The highest BCUT2D eigenvalue weighted by atomic mass is 35.5. The molecule has 2 rings (SSSR count). The fraction of sp³-hybridized carbons (Fsp3) is 0.0625. The predicted molar refractivity (Wildman–Crippen MR) is 92.1 cm³/mol. The second-order valence-corrected chi connectivity index (χ2v) is 5.60. The van der Waals surface area contributed by atoms with Gasteiger partial charge in [0.1, 0.15) is 5.82 Å². The number of benzene rings is 1. The van der Waals surface area contributed by atoms with Gasteiger partial charge < -0.3 is 21.3 Å². The van der Waals surface area contributed by atoms with Crippen LogP contribution in [0.3, 0.4) is 0 Å². The van der Waals surface area contributed by atoms with Gasteiger partial charge in [-0.2, -0.15) is 0 Å². The molecule has 0 bridgehead atoms. The van der Waals surface area contributed by atoms with Crippen LogP contribution in [0.1, 0.15) is 17.2 Å². The molecule has 5 N–H and O–H groups in total. The van der Waals surface area contributed by atoms with Crippen LogP contribution in [0.4, 0.5) is 10.2 Å². The summed E-state index contributed by atoms with van der Waals surface area (Å²) in [6, 6.07) is 3.38. The lowest BCUT2D eigenvalue weighted by Crippen LogP contribution is -2.20. The molecule has 1 heterocycles. The van der Waals surface area contributed by atoms with Crippen LogP contribution in [0.15, 0.2) is 24.4 Å². The normalized spacial score (nSPS) is 11.2. The average molecular weight is 398 g/mol. The van der Waals surface area contributed by atoms with Crippen LogP contribution in [0.5, 0.6) is 5.75 Å². The molecule has 26 heavy (non-hydrogen) atoms. The van der Waals surface area contributed by atoms with Crippen molar-refractivity contribution >= 4 is 40.9 Å². The van der Waals surface area contributed by atoms with Gasteiger partial charge in [0.2, 0.25) is 6.10 Å². The summed E-state index contributed by atoms with van der Waals surface area (Å²) >= 11 is 11.8. The van der Waals surface area contributed by atoms with E-state index in [1.165, 1.54) is 12.3 Å². The third kappa shape index (κ3) is 4.33. The first-order valence-corrected chi connectivity index (χ1v) is 7.56. The summed E-state index contributed by atoms with van der Waals surface area (Å²) in [6.45, 7) is 0. The molecule has 2 aromatic rings. The molecule has 0 aliphatic heterocycles. The number of aromatic nitrogens is 1. The first kappa shape index (κ1) is 19.3. The number of aliphatic carboxylic acids is 1. The number of nitrogen functional groups attached to an aromatic ring is 1. The summed E-state index contributed by atoms with van der Waals surface area (Å²) in [4.78, 5) is 26.1. The maximum Gasteiger partial charge on any atom is 0.349 e. The average Bonchev–Trinajstić information content (AvgIpc) is 2.57. The monoisotopic (exact) mass is 397 g/mol. The lowest BCUT2D eigenvalue weighted by Gasteiger charge is -2.19. The zero-order valence-electron chi connectivity index (χ0n) is 12.8. The highest BCUT2D eigenvalue weighted by molar-refractivity contribution is 6.36. The summed E-state index contributed by atoms with van der Waals surface area (Å²) in [7, 11) is 0. The maximum atomic E-state index is 13.7. The van der Waals surface area contributed by atoms with Gasteiger partial charge in [-0.1, -0.05) is 29.1 Å². The van der Waals surface area contributed by atoms with Crippen LogP contribution >= 0.6 is 23.2 Å². The van der Waals surface area contributed by atoms with Crippen LogP contribution in [0.25, 0.3) is 0 Å². The van der Waals surface area contributed by atoms with E-state index in [0.29, 0.717) is 0 Å². The minimum atomic E-state index is -1.77. The van der Waals surface area contributed by atoms with Crippen molar-refractivity contribution in [1.82, 2.24) is 4.98 Å². The molecule has 0 saturated carbocycles. The number of ether oxygens (including phenoxy) is 1. The van der Waals surface area contributed by atoms with E-state index in [4.69, 9.17) is 39.4 Å². The Morgan fingerprint density at radius 2 is 2.04 bits per heavy atom. The number of rotatable bonds is 4. The van der Waals surface area contributed by atoms with Gasteiger partial charge in [0, 0.05) is 34.3 Å². The number of anilines is 1. The van der Waals surface area contributed by atoms with Crippen LogP contribution in [-0.4, -0.2) is 22.0 Å². The Morgan fingerprint density at radius 3 is 2.65 bits per heavy atom. The molecular formula is C16H10Cl2FN3O4. The number of hydrogen-bond acceptors (Lipinski definition) is 5. The number of carbonyl (C=O) groups excluding carboxylic acids is 1. The topological polar surface area (TPSA) is 129 Å². The number of carboxylic acid groups (broad SMARTS) is 1. The fourth-order valence-electron chi connectivity index (χ4n) is 1.89. The number of amides is 1. The SMILES string of the molecule is NC(=O)C#Cc1cnc(N)c(OC(C(=O)O)c2c(Cl)ccc(F)c2Cl)c1. The molecule has 10 heteroatoms. The van der Waals surface area contributed by atoms with Crippen molar-refractivity contribution in [1.29, 1.82) is 0 Å². The molecule has 1 unspecified atom stereocenters. The van der Waals surface area contributed by atoms with Crippen molar-refractivity contribution in [2.45, 2.75) is 6.10 Å². The van der Waals surface area contributed by atoms with Crippen molar-refractivity contribution in [3.05, 3.63) is 51.4 Å². The number of halogens is 3. The predicted octanol–water partition coefficient (Wildman–Crippen LogP) is 2.15. The Morgan fingerprint density at radius 1 is 1.35 bits per heavy atom. The van der Waals surface area contributed by atoms with Gasteiger partial charge in [-0.3, -0.25) is 4.79 Å². The molecule has 0 saturated heterocycles. The number of nitrogens with two attached hydrogens (primary N) is 2. The number of carbonyl (C=O) groups is 2. The Kier molecular flexibility index (Phi) is 5.87. The Labute approximate surface area is 156 Å². The van der Waals surface area contributed by atoms with Crippen molar-refractivity contribution in [3.63, 3.8) is 0 Å². The van der Waals surface area contributed by atoms with Crippen molar-refractivity contribution < 1.29 is 23.8 Å². The molecule has 1 aromatic carbocycles. The molecule has 1 aromatic heterocycles. The number of primary amides is 1. The molecular weight excluding hydrogens is 388 g/mol. The molecule has 0 aliphatic carbocycles. The van der Waals surface area contributed by atoms with Crippen LogP contribution in [0.2, 0.25) is 10.0 Å². The molecule has 0 radical (unpaired) electrons. The van der Waals surface area contributed by atoms with Gasteiger partial charge >= 0.3 is 5.97 Å². The van der Waals surface area contributed by atoms with Crippen LogP contribution in [0, 0.1) is 17.7 Å². The summed E-state index contributed by atoms with van der Waals surface area (Å²) < 4.78 is 19.1. The van der Waals surface area contributed by atoms with Gasteiger partial charge in [0.05, 0.1) is 5.02 Å². The van der Waals surface area contributed by atoms with E-state index < -0.39 is 28.8 Å². The van der Waals surface area contributed by atoms with Gasteiger partial charge in [0.15, 0.2) is 11.6 Å². The zero-order chi connectivity index (χ0) is 19.4. The van der Waals surface area contributed by atoms with Crippen LogP contribution in [-0.2, 0) is 9.59 Å². The lowest BCUT2D eigenvalue weighted by atomic mass is 10.1. The quantitative estimate of drug-likeness (QED) is 0.535. The lowest BCUT2D eigenvalue weighted by molar-refractivity contribution is -0.145. The Hall–Kier alpha value is -3.02. The summed E-state index contributed by atoms with van der Waals surface area (Å²) in [6.07, 6.45) is -0.537. The first-order chi connectivity index (χ1) is 12.2. The van der Waals surface area contributed by atoms with Crippen molar-refractivity contribution in [3.8, 4) is 17.6 Å². The number of hydrogen-bond donors (Lipinski definition) is 3. The van der Waals surface area contributed by atoms with E-state index in [2.05, 4.69) is 16.8 Å². The molecule has 1 amide bonds. The summed E-state index contributed by atoms with van der Waals surface area (Å²) in [5.41, 5.74) is 10.5. The Bertz CT molecular complexity index is 956. The minimum Gasteiger partial charge on any atom is -0.478 e. The summed E-state index contributed by atoms with van der Waals surface area (Å²) in [5.74, 6) is 0.922. The van der Waals surface area contributed by atoms with E-state index in [0.717, 1.165) is 12.1 Å². The van der Waals surface area contributed by atoms with Crippen molar-refractivity contribution in [2.24, 2.45) is 5.73 Å². The third-order valence-corrected chi connectivity index (χ3v) is 3.74. The second-order valence-electron chi connectivity index (χ2n) is 4.81. The van der Waals surface area contributed by atoms with Gasteiger partial charge in [-0.05, 0) is 12.1 Å². The smallest absolute Gasteiger partial charge is 0.349 e. The molecule has 0 fully saturated rings. The highest BCUT2D eigenvalue weighted by Gasteiger charge is 2.29. The fourth-order valence-corrected chi connectivity index (χ4v) is 2.46. The number of pyridine rings is 1. The van der Waals surface area contributed by atoms with Crippen LogP contribution < -0.4 is 16.2 Å². The van der Waals surface area contributed by atoms with E-state index in [9.17, 15) is 19.1 Å². The standard InChI is InChI=1S/C16H10Cl2FN3O4/c17-8-2-3-9(19)13(18)12(8)14(16(24)25)26-10-5-7(1-4-11(20)23)6-22-15(10)21/h2-3,5-6,14H,(H2,20,23)(H2,21,22)(H,24,25). The Balaban J connectivity index is 2.49. The number of nitrogens with zero attached hydrogens (tertiary/aromatic N) is 1. The highest BCUT2D eigenvalue weighted by Crippen LogP contribution is 2.36. The minimum absolute atomic E-state index is 0.111. The van der Waals surface area contributed by atoms with E-state index in [1.54, 1.807) is 0 Å². The number of carboxylic acids is 1. The molecule has 7 nitrogen and oxygen atoms in total. The first-order valence-electron chi connectivity index (χ1n) is 6.80. The zero-order valence-corrected chi connectivity index (χ0v) is 14.3. The molecule has 0 spiro atoms. The second kappa shape index (κ2) is 7.91. The van der Waals surface area contributed by atoms with E-state index in [-0.39, 0.29) is 27.7 Å². The summed E-state index contributed by atoms with van der Waals surface area (Å²) in [5, 5.41) is 8.84. The molecule has 0 aliphatic rings.